The third kappa shape index (κ3) is 7.35. The highest BCUT2D eigenvalue weighted by molar-refractivity contribution is 5.74. The van der Waals surface area contributed by atoms with Crippen LogP contribution in [0.3, 0.4) is 0 Å². The number of hydrogen-bond donors (Lipinski definition) is 2. The van der Waals surface area contributed by atoms with Gasteiger partial charge in [-0.25, -0.2) is 9.59 Å². The second-order valence-electron chi connectivity index (χ2n) is 3.71. The van der Waals surface area contributed by atoms with Crippen molar-refractivity contribution in [1.82, 2.24) is 10.2 Å². The molecule has 0 unspecified atom stereocenters. The van der Waals surface area contributed by atoms with Gasteiger partial charge in [-0.3, -0.25) is 0 Å². The van der Waals surface area contributed by atoms with Crippen LogP contribution >= 0.6 is 0 Å². The number of rotatable bonds is 8. The zero-order valence-corrected chi connectivity index (χ0v) is 10.3. The van der Waals surface area contributed by atoms with Crippen LogP contribution in [0.2, 0.25) is 0 Å². The van der Waals surface area contributed by atoms with Crippen molar-refractivity contribution in [2.45, 2.75) is 19.9 Å². The zero-order chi connectivity index (χ0) is 13.3. The van der Waals surface area contributed by atoms with Crippen molar-refractivity contribution in [3.8, 4) is 0 Å². The van der Waals surface area contributed by atoms with Crippen LogP contribution in [0.5, 0.6) is 0 Å². The van der Waals surface area contributed by atoms with Crippen LogP contribution in [-0.2, 0) is 9.53 Å². The first kappa shape index (κ1) is 15.4. The fourth-order valence-electron chi connectivity index (χ4n) is 1.16. The Bertz CT molecular complexity index is 266. The van der Waals surface area contributed by atoms with Crippen molar-refractivity contribution in [3.63, 3.8) is 0 Å². The molecule has 17 heavy (non-hydrogen) atoms. The molecule has 0 rings (SSSR count). The van der Waals surface area contributed by atoms with Crippen molar-refractivity contribution < 1.29 is 19.4 Å². The van der Waals surface area contributed by atoms with Crippen LogP contribution in [0, 0.1) is 0 Å². The second-order valence-corrected chi connectivity index (χ2v) is 3.71. The number of carboxylic acid groups (broad SMARTS) is 1. The molecule has 0 saturated heterocycles. The monoisotopic (exact) mass is 244 g/mol. The quantitative estimate of drug-likeness (QED) is 0.486. The number of hydrogen-bond acceptors (Lipinski definition) is 3. The molecular formula is C11H20N2O4. The van der Waals surface area contributed by atoms with Gasteiger partial charge in [0.15, 0.2) is 0 Å². The fraction of sp³-hybridized carbons (Fsp3) is 0.636. The predicted molar refractivity (Wildman–Crippen MR) is 63.9 cm³/mol. The van der Waals surface area contributed by atoms with E-state index in [0.29, 0.717) is 6.54 Å². The highest BCUT2D eigenvalue weighted by atomic mass is 16.5. The Morgan fingerprint density at radius 1 is 1.53 bits per heavy atom. The molecule has 0 aliphatic heterocycles. The van der Waals surface area contributed by atoms with Gasteiger partial charge in [-0.1, -0.05) is 6.08 Å². The van der Waals surface area contributed by atoms with Gasteiger partial charge in [-0.15, -0.1) is 6.58 Å². The molecule has 2 N–H and O–H groups in total. The van der Waals surface area contributed by atoms with Gasteiger partial charge in [0.2, 0.25) is 0 Å². The van der Waals surface area contributed by atoms with Gasteiger partial charge < -0.3 is 20.1 Å². The fourth-order valence-corrected chi connectivity index (χ4v) is 1.16. The van der Waals surface area contributed by atoms with Crippen molar-refractivity contribution >= 4 is 12.0 Å². The average Bonchev–Trinajstić information content (AvgIpc) is 2.24. The zero-order valence-electron chi connectivity index (χ0n) is 10.3. The van der Waals surface area contributed by atoms with Crippen LogP contribution < -0.4 is 5.32 Å². The molecule has 0 radical (unpaired) electrons. The van der Waals surface area contributed by atoms with Gasteiger partial charge in [0.1, 0.15) is 6.61 Å². The number of carboxylic acids is 1. The summed E-state index contributed by atoms with van der Waals surface area (Å²) in [6.07, 6.45) is 1.65. The predicted octanol–water partition coefficient (Wildman–Crippen LogP) is 0.694. The van der Waals surface area contributed by atoms with Gasteiger partial charge in [0, 0.05) is 19.1 Å². The third-order valence-electron chi connectivity index (χ3n) is 1.96. The number of amides is 2. The van der Waals surface area contributed by atoms with Crippen LogP contribution in [0.4, 0.5) is 4.79 Å². The Morgan fingerprint density at radius 3 is 2.65 bits per heavy atom. The molecular weight excluding hydrogens is 224 g/mol. The molecule has 6 heteroatoms. The molecule has 0 fully saturated rings. The summed E-state index contributed by atoms with van der Waals surface area (Å²) in [6, 6.07) is -0.133. The Morgan fingerprint density at radius 2 is 2.18 bits per heavy atom. The maximum atomic E-state index is 11.7. The Balaban J connectivity index is 3.82. The largest absolute Gasteiger partial charge is 0.480 e. The topological polar surface area (TPSA) is 78.9 Å². The van der Waals surface area contributed by atoms with E-state index in [1.807, 2.05) is 13.8 Å². The minimum absolute atomic E-state index is 0.0768. The van der Waals surface area contributed by atoms with E-state index in [1.54, 1.807) is 11.0 Å². The lowest BCUT2D eigenvalue weighted by Gasteiger charge is -2.25. The van der Waals surface area contributed by atoms with E-state index < -0.39 is 5.97 Å². The van der Waals surface area contributed by atoms with E-state index in [1.165, 1.54) is 0 Å². The molecule has 0 atom stereocenters. The maximum absolute atomic E-state index is 11.7. The first-order valence-corrected chi connectivity index (χ1v) is 5.44. The summed E-state index contributed by atoms with van der Waals surface area (Å²) in [5.74, 6) is -1.02. The molecule has 0 heterocycles. The van der Waals surface area contributed by atoms with Crippen LogP contribution in [-0.4, -0.2) is 54.4 Å². The van der Waals surface area contributed by atoms with E-state index in [4.69, 9.17) is 9.84 Å². The number of nitrogens with one attached hydrogen (secondary N) is 1. The number of ether oxygens (including phenoxy) is 1. The second kappa shape index (κ2) is 8.58. The lowest BCUT2D eigenvalue weighted by Crippen LogP contribution is -2.45. The highest BCUT2D eigenvalue weighted by Gasteiger charge is 2.14. The summed E-state index contributed by atoms with van der Waals surface area (Å²) in [5.41, 5.74) is 0. The molecule has 0 spiro atoms. The van der Waals surface area contributed by atoms with Gasteiger partial charge in [-0.2, -0.15) is 0 Å². The summed E-state index contributed by atoms with van der Waals surface area (Å²) < 4.78 is 4.79. The first-order chi connectivity index (χ1) is 7.99. The maximum Gasteiger partial charge on any atom is 0.329 e. The highest BCUT2D eigenvalue weighted by Crippen LogP contribution is 1.98. The lowest BCUT2D eigenvalue weighted by molar-refractivity contribution is -0.142. The van der Waals surface area contributed by atoms with E-state index in [9.17, 15) is 9.59 Å². The van der Waals surface area contributed by atoms with E-state index in [-0.39, 0.29) is 31.8 Å². The summed E-state index contributed by atoms with van der Waals surface area (Å²) >= 11 is 0. The molecule has 0 aliphatic rings. The minimum atomic E-state index is -1.02. The minimum Gasteiger partial charge on any atom is -0.480 e. The molecule has 0 aliphatic carbocycles. The Labute approximate surface area is 101 Å². The van der Waals surface area contributed by atoms with Gasteiger partial charge in [0.05, 0.1) is 6.61 Å². The van der Waals surface area contributed by atoms with E-state index >= 15 is 0 Å². The van der Waals surface area contributed by atoms with Crippen molar-refractivity contribution in [3.05, 3.63) is 12.7 Å². The SMILES string of the molecule is C=CCN(C(=O)NCCOCC(=O)O)C(C)C. The van der Waals surface area contributed by atoms with Crippen LogP contribution in [0.25, 0.3) is 0 Å². The number of urea groups is 1. The molecule has 6 nitrogen and oxygen atoms in total. The summed E-state index contributed by atoms with van der Waals surface area (Å²) in [6.45, 7) is 7.98. The van der Waals surface area contributed by atoms with Gasteiger partial charge in [0.25, 0.3) is 0 Å². The van der Waals surface area contributed by atoms with Crippen molar-refractivity contribution in [2.24, 2.45) is 0 Å². The standard InChI is InChI=1S/C11H20N2O4/c1-4-6-13(9(2)3)11(16)12-5-7-17-8-10(14)15/h4,9H,1,5-8H2,2-3H3,(H,12,16)(H,14,15). The number of aliphatic carboxylic acids is 1. The number of nitrogens with zero attached hydrogens (tertiary/aromatic N) is 1. The van der Waals surface area contributed by atoms with E-state index in [2.05, 4.69) is 11.9 Å². The Hall–Kier alpha value is -1.56. The van der Waals surface area contributed by atoms with Crippen molar-refractivity contribution in [2.75, 3.05) is 26.3 Å². The van der Waals surface area contributed by atoms with E-state index in [0.717, 1.165) is 0 Å². The molecule has 2 amide bonds. The van der Waals surface area contributed by atoms with Crippen LogP contribution in [0.15, 0.2) is 12.7 Å². The molecule has 0 aromatic rings. The third-order valence-corrected chi connectivity index (χ3v) is 1.96. The lowest BCUT2D eigenvalue weighted by atomic mass is 10.3. The van der Waals surface area contributed by atoms with Gasteiger partial charge >= 0.3 is 12.0 Å². The summed E-state index contributed by atoms with van der Waals surface area (Å²) in [7, 11) is 0. The molecule has 0 saturated carbocycles. The van der Waals surface area contributed by atoms with Gasteiger partial charge in [-0.05, 0) is 13.8 Å². The molecule has 0 aromatic carbocycles. The molecule has 98 valence electrons. The number of carbonyl (C=O) groups is 2. The normalized spacial score (nSPS) is 10.1. The smallest absolute Gasteiger partial charge is 0.329 e. The molecule has 0 aromatic heterocycles. The first-order valence-electron chi connectivity index (χ1n) is 5.44. The Kier molecular flexibility index (Phi) is 7.79. The van der Waals surface area contributed by atoms with Crippen LogP contribution in [0.1, 0.15) is 13.8 Å². The number of carbonyl (C=O) groups excluding carboxylic acids is 1. The average molecular weight is 244 g/mol. The summed E-state index contributed by atoms with van der Waals surface area (Å²) in [5, 5.41) is 11.0. The summed E-state index contributed by atoms with van der Waals surface area (Å²) in [4.78, 5) is 23.4. The van der Waals surface area contributed by atoms with Crippen molar-refractivity contribution in [1.29, 1.82) is 0 Å². The molecule has 0 bridgehead atoms.